The Hall–Kier alpha value is -2.15. The predicted octanol–water partition coefficient (Wildman–Crippen LogP) is 0.405. The number of pyridine rings is 1. The molecular weight excluding hydrogens is 244 g/mol. The molecule has 2 amide bonds. The van der Waals surface area contributed by atoms with Crippen LogP contribution in [0.4, 0.5) is 10.6 Å². The standard InChI is InChI=1S/C12H16N6O/c1-17-10-2-3-14-11(9(10)8-15-17)16-12(19)18-6-4-13-5-7-18/h2-3,8,13H,4-7H2,1H3,(H,14,16,19). The Bertz CT molecular complexity index is 601. The van der Waals surface area contributed by atoms with Gasteiger partial charge in [-0.1, -0.05) is 0 Å². The minimum atomic E-state index is -0.106. The van der Waals surface area contributed by atoms with E-state index in [0.29, 0.717) is 5.82 Å². The van der Waals surface area contributed by atoms with Crippen molar-refractivity contribution in [3.05, 3.63) is 18.5 Å². The number of carbonyl (C=O) groups is 1. The van der Waals surface area contributed by atoms with E-state index in [2.05, 4.69) is 20.7 Å². The van der Waals surface area contributed by atoms with Crippen molar-refractivity contribution in [2.45, 2.75) is 0 Å². The Kier molecular flexibility index (Phi) is 3.04. The molecule has 1 fully saturated rings. The van der Waals surface area contributed by atoms with Crippen LogP contribution in [0.25, 0.3) is 10.9 Å². The number of carbonyl (C=O) groups excluding carboxylic acids is 1. The Morgan fingerprint density at radius 2 is 2.21 bits per heavy atom. The van der Waals surface area contributed by atoms with Gasteiger partial charge in [-0.2, -0.15) is 5.10 Å². The van der Waals surface area contributed by atoms with Gasteiger partial charge >= 0.3 is 6.03 Å². The number of hydrogen-bond donors (Lipinski definition) is 2. The molecule has 1 saturated heterocycles. The van der Waals surface area contributed by atoms with Gasteiger partial charge in [-0.3, -0.25) is 10.00 Å². The van der Waals surface area contributed by atoms with Crippen LogP contribution >= 0.6 is 0 Å². The normalized spacial score (nSPS) is 15.7. The number of nitrogens with one attached hydrogen (secondary N) is 2. The fraction of sp³-hybridized carbons (Fsp3) is 0.417. The zero-order chi connectivity index (χ0) is 13.2. The number of amides is 2. The maximum Gasteiger partial charge on any atom is 0.323 e. The zero-order valence-electron chi connectivity index (χ0n) is 10.8. The molecule has 3 heterocycles. The summed E-state index contributed by atoms with van der Waals surface area (Å²) in [6.45, 7) is 3.10. The smallest absolute Gasteiger partial charge is 0.322 e. The molecule has 0 unspecified atom stereocenters. The largest absolute Gasteiger partial charge is 0.323 e. The maximum absolute atomic E-state index is 12.1. The van der Waals surface area contributed by atoms with Crippen molar-refractivity contribution >= 4 is 22.8 Å². The monoisotopic (exact) mass is 260 g/mol. The van der Waals surface area contributed by atoms with Crippen LogP contribution in [0.2, 0.25) is 0 Å². The van der Waals surface area contributed by atoms with Gasteiger partial charge in [-0.15, -0.1) is 0 Å². The minimum absolute atomic E-state index is 0.106. The van der Waals surface area contributed by atoms with E-state index in [-0.39, 0.29) is 6.03 Å². The Labute approximate surface area is 110 Å². The second-order valence-electron chi connectivity index (χ2n) is 4.53. The van der Waals surface area contributed by atoms with E-state index >= 15 is 0 Å². The third kappa shape index (κ3) is 2.24. The van der Waals surface area contributed by atoms with E-state index in [0.717, 1.165) is 37.1 Å². The molecule has 19 heavy (non-hydrogen) atoms. The van der Waals surface area contributed by atoms with Gasteiger partial charge in [-0.25, -0.2) is 9.78 Å². The van der Waals surface area contributed by atoms with Crippen LogP contribution in [0.15, 0.2) is 18.5 Å². The first kappa shape index (κ1) is 11.9. The fourth-order valence-electron chi connectivity index (χ4n) is 2.23. The van der Waals surface area contributed by atoms with Crippen LogP contribution in [0.5, 0.6) is 0 Å². The molecular formula is C12H16N6O. The molecule has 100 valence electrons. The molecule has 0 aliphatic carbocycles. The first-order valence-electron chi connectivity index (χ1n) is 6.29. The second kappa shape index (κ2) is 4.85. The van der Waals surface area contributed by atoms with Crippen molar-refractivity contribution in [2.75, 3.05) is 31.5 Å². The van der Waals surface area contributed by atoms with E-state index in [9.17, 15) is 4.79 Å². The number of nitrogens with zero attached hydrogens (tertiary/aromatic N) is 4. The SMILES string of the molecule is Cn1ncc2c(NC(=O)N3CCNCC3)nccc21. The van der Waals surface area contributed by atoms with Gasteiger partial charge in [0.1, 0.15) is 5.82 Å². The number of fused-ring (bicyclic) bond motifs is 1. The highest BCUT2D eigenvalue weighted by atomic mass is 16.2. The number of hydrogen-bond acceptors (Lipinski definition) is 4. The van der Waals surface area contributed by atoms with Gasteiger partial charge in [0.15, 0.2) is 0 Å². The average molecular weight is 260 g/mol. The summed E-state index contributed by atoms with van der Waals surface area (Å²) in [6, 6.07) is 1.77. The molecule has 0 bridgehead atoms. The summed E-state index contributed by atoms with van der Waals surface area (Å²) < 4.78 is 1.76. The molecule has 0 saturated carbocycles. The molecule has 7 nitrogen and oxygen atoms in total. The summed E-state index contributed by atoms with van der Waals surface area (Å²) in [4.78, 5) is 18.2. The van der Waals surface area contributed by atoms with Gasteiger partial charge in [0.25, 0.3) is 0 Å². The first-order valence-corrected chi connectivity index (χ1v) is 6.29. The summed E-state index contributed by atoms with van der Waals surface area (Å²) in [5, 5.41) is 11.1. The maximum atomic E-state index is 12.1. The van der Waals surface area contributed by atoms with Gasteiger partial charge in [-0.05, 0) is 6.07 Å². The molecule has 1 aliphatic heterocycles. The number of aromatic nitrogens is 3. The third-order valence-electron chi connectivity index (χ3n) is 3.31. The molecule has 3 rings (SSSR count). The fourth-order valence-corrected chi connectivity index (χ4v) is 2.23. The lowest BCUT2D eigenvalue weighted by molar-refractivity contribution is 0.204. The molecule has 1 aliphatic rings. The first-order chi connectivity index (χ1) is 9.25. The lowest BCUT2D eigenvalue weighted by Crippen LogP contribution is -2.48. The highest BCUT2D eigenvalue weighted by Crippen LogP contribution is 2.20. The van der Waals surface area contributed by atoms with Gasteiger partial charge in [0, 0.05) is 39.4 Å². The van der Waals surface area contributed by atoms with E-state index < -0.39 is 0 Å². The Balaban J connectivity index is 1.82. The Morgan fingerprint density at radius 3 is 3.00 bits per heavy atom. The summed E-state index contributed by atoms with van der Waals surface area (Å²) >= 11 is 0. The van der Waals surface area contributed by atoms with Crippen LogP contribution in [0, 0.1) is 0 Å². The van der Waals surface area contributed by atoms with E-state index in [4.69, 9.17) is 0 Å². The summed E-state index contributed by atoms with van der Waals surface area (Å²) in [5.74, 6) is 0.564. The zero-order valence-corrected chi connectivity index (χ0v) is 10.8. The number of rotatable bonds is 1. The van der Waals surface area contributed by atoms with Crippen molar-refractivity contribution in [3.63, 3.8) is 0 Å². The predicted molar refractivity (Wildman–Crippen MR) is 72.0 cm³/mol. The second-order valence-corrected chi connectivity index (χ2v) is 4.53. The number of aryl methyl sites for hydroxylation is 1. The average Bonchev–Trinajstić information content (AvgIpc) is 2.83. The van der Waals surface area contributed by atoms with Crippen molar-refractivity contribution < 1.29 is 4.79 Å². The van der Waals surface area contributed by atoms with E-state index in [1.54, 1.807) is 22.0 Å². The number of piperazine rings is 1. The van der Waals surface area contributed by atoms with Crippen molar-refractivity contribution in [2.24, 2.45) is 7.05 Å². The van der Waals surface area contributed by atoms with E-state index in [1.165, 1.54) is 0 Å². The lowest BCUT2D eigenvalue weighted by Gasteiger charge is -2.27. The third-order valence-corrected chi connectivity index (χ3v) is 3.31. The van der Waals surface area contributed by atoms with Crippen molar-refractivity contribution in [1.82, 2.24) is 25.0 Å². The molecule has 2 aromatic rings. The molecule has 0 radical (unpaired) electrons. The highest BCUT2D eigenvalue weighted by Gasteiger charge is 2.17. The van der Waals surface area contributed by atoms with Crippen LogP contribution < -0.4 is 10.6 Å². The molecule has 0 spiro atoms. The van der Waals surface area contributed by atoms with Crippen LogP contribution in [-0.4, -0.2) is 51.9 Å². The number of urea groups is 1. The Morgan fingerprint density at radius 1 is 1.42 bits per heavy atom. The molecule has 2 aromatic heterocycles. The minimum Gasteiger partial charge on any atom is -0.322 e. The molecule has 2 N–H and O–H groups in total. The van der Waals surface area contributed by atoms with Gasteiger partial charge in [0.2, 0.25) is 0 Å². The summed E-state index contributed by atoms with van der Waals surface area (Å²) in [7, 11) is 1.87. The van der Waals surface area contributed by atoms with Crippen LogP contribution in [0.1, 0.15) is 0 Å². The lowest BCUT2D eigenvalue weighted by atomic mass is 10.3. The quantitative estimate of drug-likeness (QED) is 0.778. The number of anilines is 1. The van der Waals surface area contributed by atoms with Crippen molar-refractivity contribution in [1.29, 1.82) is 0 Å². The van der Waals surface area contributed by atoms with Crippen LogP contribution in [0.3, 0.4) is 0 Å². The van der Waals surface area contributed by atoms with Crippen molar-refractivity contribution in [3.8, 4) is 0 Å². The molecule has 0 atom stereocenters. The molecule has 7 heteroatoms. The van der Waals surface area contributed by atoms with Gasteiger partial charge < -0.3 is 10.2 Å². The van der Waals surface area contributed by atoms with Gasteiger partial charge in [0.05, 0.1) is 17.1 Å². The van der Waals surface area contributed by atoms with Crippen LogP contribution in [-0.2, 0) is 7.05 Å². The van der Waals surface area contributed by atoms with E-state index in [1.807, 2.05) is 13.1 Å². The summed E-state index contributed by atoms with van der Waals surface area (Å²) in [5.41, 5.74) is 0.950. The highest BCUT2D eigenvalue weighted by molar-refractivity contribution is 5.98. The molecule has 0 aromatic carbocycles. The topological polar surface area (TPSA) is 75.1 Å². The summed E-state index contributed by atoms with van der Waals surface area (Å²) in [6.07, 6.45) is 3.40.